The summed E-state index contributed by atoms with van der Waals surface area (Å²) in [6.07, 6.45) is 3.94. The standard InChI is InChI=1S/C23H18FN5O3/c1-14(11-27-13-26-2)29-20(12-30)17(22-21(31)7-4-8-28-22)9-16(23(29)32)15-5-3-6-19(24)18(15)10-25/h3-9,11,13,30-31H,2,12H2,1H3/b14-11+,27-13?. The SMILES string of the molecule is C=NC=N/C=C(\C)n1c(CO)c(-c2ncccc2O)cc(-c2cccc(F)c2C#N)c1=O. The Balaban J connectivity index is 2.49. The van der Waals surface area contributed by atoms with Crippen LogP contribution in [0.15, 0.2) is 63.6 Å². The van der Waals surface area contributed by atoms with Gasteiger partial charge in [0, 0.05) is 34.8 Å². The number of rotatable bonds is 6. The van der Waals surface area contributed by atoms with Crippen molar-refractivity contribution in [2.24, 2.45) is 9.98 Å². The summed E-state index contributed by atoms with van der Waals surface area (Å²) in [4.78, 5) is 25.1. The molecule has 8 nitrogen and oxygen atoms in total. The number of aromatic nitrogens is 2. The minimum atomic E-state index is -0.779. The number of aliphatic hydroxyl groups is 1. The first-order chi connectivity index (χ1) is 15.4. The molecule has 0 saturated heterocycles. The van der Waals surface area contributed by atoms with Gasteiger partial charge in [-0.3, -0.25) is 19.3 Å². The van der Waals surface area contributed by atoms with E-state index in [0.717, 1.165) is 6.07 Å². The average Bonchev–Trinajstić information content (AvgIpc) is 2.79. The predicted molar refractivity (Wildman–Crippen MR) is 120 cm³/mol. The van der Waals surface area contributed by atoms with Crippen LogP contribution in [-0.4, -0.2) is 32.8 Å². The van der Waals surface area contributed by atoms with Gasteiger partial charge < -0.3 is 10.2 Å². The largest absolute Gasteiger partial charge is 0.506 e. The van der Waals surface area contributed by atoms with Gasteiger partial charge >= 0.3 is 0 Å². The number of aromatic hydroxyl groups is 1. The minimum Gasteiger partial charge on any atom is -0.506 e. The molecule has 0 aliphatic heterocycles. The van der Waals surface area contributed by atoms with E-state index in [9.17, 15) is 24.7 Å². The van der Waals surface area contributed by atoms with Crippen LogP contribution in [0.4, 0.5) is 4.39 Å². The molecule has 0 saturated carbocycles. The number of allylic oxidation sites excluding steroid dienone is 1. The van der Waals surface area contributed by atoms with Crippen LogP contribution >= 0.6 is 0 Å². The molecule has 0 aliphatic rings. The summed E-state index contributed by atoms with van der Waals surface area (Å²) in [5.74, 6) is -0.966. The van der Waals surface area contributed by atoms with E-state index >= 15 is 0 Å². The number of halogens is 1. The lowest BCUT2D eigenvalue weighted by Crippen LogP contribution is -2.25. The summed E-state index contributed by atoms with van der Waals surface area (Å²) in [5, 5.41) is 30.0. The van der Waals surface area contributed by atoms with Crippen molar-refractivity contribution in [3.05, 3.63) is 76.2 Å². The van der Waals surface area contributed by atoms with E-state index in [1.165, 1.54) is 53.6 Å². The van der Waals surface area contributed by atoms with Crippen molar-refractivity contribution in [2.75, 3.05) is 0 Å². The Bertz CT molecular complexity index is 1350. The Labute approximate surface area is 182 Å². The second kappa shape index (κ2) is 9.59. The second-order valence-corrected chi connectivity index (χ2v) is 6.58. The lowest BCUT2D eigenvalue weighted by Gasteiger charge is -2.19. The van der Waals surface area contributed by atoms with Crippen molar-refractivity contribution in [3.8, 4) is 34.2 Å². The van der Waals surface area contributed by atoms with Gasteiger partial charge in [-0.25, -0.2) is 9.38 Å². The van der Waals surface area contributed by atoms with Crippen LogP contribution in [-0.2, 0) is 6.61 Å². The van der Waals surface area contributed by atoms with Gasteiger partial charge in [0.25, 0.3) is 5.56 Å². The lowest BCUT2D eigenvalue weighted by molar-refractivity contribution is 0.274. The average molecular weight is 431 g/mol. The monoisotopic (exact) mass is 431 g/mol. The quantitative estimate of drug-likeness (QED) is 0.458. The molecule has 0 fully saturated rings. The highest BCUT2D eigenvalue weighted by Crippen LogP contribution is 2.33. The van der Waals surface area contributed by atoms with E-state index in [4.69, 9.17) is 0 Å². The number of nitriles is 1. The normalized spacial score (nSPS) is 11.5. The zero-order valence-electron chi connectivity index (χ0n) is 17.0. The number of nitrogens with zero attached hydrogens (tertiary/aromatic N) is 5. The molecular formula is C23H18FN5O3. The molecule has 2 aromatic heterocycles. The summed E-state index contributed by atoms with van der Waals surface area (Å²) in [6.45, 7) is 4.28. The van der Waals surface area contributed by atoms with Crippen LogP contribution in [0.25, 0.3) is 28.1 Å². The molecule has 160 valence electrons. The number of pyridine rings is 2. The van der Waals surface area contributed by atoms with Crippen LogP contribution in [0.1, 0.15) is 18.2 Å². The highest BCUT2D eigenvalue weighted by atomic mass is 19.1. The molecule has 1 aromatic carbocycles. The van der Waals surface area contributed by atoms with Gasteiger partial charge in [0.15, 0.2) is 0 Å². The maximum Gasteiger partial charge on any atom is 0.263 e. The van der Waals surface area contributed by atoms with Crippen LogP contribution in [0.5, 0.6) is 5.75 Å². The summed E-state index contributed by atoms with van der Waals surface area (Å²) >= 11 is 0. The first kappa shape index (κ1) is 22.3. The highest BCUT2D eigenvalue weighted by molar-refractivity contribution is 5.79. The van der Waals surface area contributed by atoms with Crippen molar-refractivity contribution in [1.29, 1.82) is 5.26 Å². The van der Waals surface area contributed by atoms with Crippen molar-refractivity contribution < 1.29 is 14.6 Å². The number of hydrogen-bond acceptors (Lipinski definition) is 6. The van der Waals surface area contributed by atoms with Crippen LogP contribution in [0.3, 0.4) is 0 Å². The number of benzene rings is 1. The zero-order chi connectivity index (χ0) is 23.3. The van der Waals surface area contributed by atoms with E-state index in [0.29, 0.717) is 5.70 Å². The van der Waals surface area contributed by atoms with Gasteiger partial charge in [0.05, 0.1) is 17.9 Å². The molecule has 0 spiro atoms. The van der Waals surface area contributed by atoms with Gasteiger partial charge in [-0.15, -0.1) is 0 Å². The van der Waals surface area contributed by atoms with Crippen molar-refractivity contribution in [1.82, 2.24) is 9.55 Å². The molecule has 0 atom stereocenters. The third-order valence-corrected chi connectivity index (χ3v) is 4.67. The van der Waals surface area contributed by atoms with Gasteiger partial charge in [0.1, 0.15) is 29.7 Å². The third-order valence-electron chi connectivity index (χ3n) is 4.67. The molecule has 0 bridgehead atoms. The van der Waals surface area contributed by atoms with Gasteiger partial charge in [-0.05, 0) is 37.9 Å². The Morgan fingerprint density at radius 2 is 2.09 bits per heavy atom. The topological polar surface area (TPSA) is 124 Å². The number of aliphatic hydroxyl groups excluding tert-OH is 1. The van der Waals surface area contributed by atoms with Crippen LogP contribution in [0.2, 0.25) is 0 Å². The second-order valence-electron chi connectivity index (χ2n) is 6.58. The summed E-state index contributed by atoms with van der Waals surface area (Å²) in [6, 6.07) is 10.0. The minimum absolute atomic E-state index is 0.0168. The van der Waals surface area contributed by atoms with Crippen LogP contribution < -0.4 is 5.56 Å². The molecule has 0 amide bonds. The Morgan fingerprint density at radius 1 is 1.31 bits per heavy atom. The summed E-state index contributed by atoms with van der Waals surface area (Å²) < 4.78 is 15.5. The van der Waals surface area contributed by atoms with E-state index in [-0.39, 0.29) is 39.4 Å². The van der Waals surface area contributed by atoms with Crippen molar-refractivity contribution in [3.63, 3.8) is 0 Å². The van der Waals surface area contributed by atoms with Gasteiger partial charge in [-0.1, -0.05) is 12.1 Å². The Kier molecular flexibility index (Phi) is 6.68. The maximum absolute atomic E-state index is 14.3. The molecule has 2 heterocycles. The smallest absolute Gasteiger partial charge is 0.263 e. The molecule has 32 heavy (non-hydrogen) atoms. The predicted octanol–water partition coefficient (Wildman–Crippen LogP) is 3.33. The Morgan fingerprint density at radius 3 is 2.75 bits per heavy atom. The van der Waals surface area contributed by atoms with Gasteiger partial charge in [-0.2, -0.15) is 5.26 Å². The first-order valence-corrected chi connectivity index (χ1v) is 9.32. The number of hydrogen-bond donors (Lipinski definition) is 2. The molecule has 2 N–H and O–H groups in total. The highest BCUT2D eigenvalue weighted by Gasteiger charge is 2.22. The third kappa shape index (κ3) is 4.08. The fourth-order valence-electron chi connectivity index (χ4n) is 3.29. The molecule has 0 aliphatic carbocycles. The van der Waals surface area contributed by atoms with E-state index in [2.05, 4.69) is 21.7 Å². The Hall–Kier alpha value is -4.42. The molecule has 0 radical (unpaired) electrons. The maximum atomic E-state index is 14.3. The van der Waals surface area contributed by atoms with Crippen LogP contribution in [0, 0.1) is 17.1 Å². The molecule has 0 unspecified atom stereocenters. The lowest BCUT2D eigenvalue weighted by atomic mass is 9.97. The molecule has 3 rings (SSSR count). The molecule has 3 aromatic rings. The van der Waals surface area contributed by atoms with E-state index in [1.807, 2.05) is 0 Å². The van der Waals surface area contributed by atoms with E-state index in [1.54, 1.807) is 13.0 Å². The van der Waals surface area contributed by atoms with E-state index < -0.39 is 18.0 Å². The summed E-state index contributed by atoms with van der Waals surface area (Å²) in [5.41, 5.74) is -0.123. The first-order valence-electron chi connectivity index (χ1n) is 9.32. The summed E-state index contributed by atoms with van der Waals surface area (Å²) in [7, 11) is 0. The fraction of sp³-hybridized carbons (Fsp3) is 0.0870. The molecule has 9 heteroatoms. The van der Waals surface area contributed by atoms with Gasteiger partial charge in [0.2, 0.25) is 0 Å². The fourth-order valence-corrected chi connectivity index (χ4v) is 3.29. The van der Waals surface area contributed by atoms with Crippen molar-refractivity contribution >= 4 is 18.8 Å². The number of aliphatic imine (C=N–C) groups is 2. The van der Waals surface area contributed by atoms with Crippen molar-refractivity contribution in [2.45, 2.75) is 13.5 Å². The molecular weight excluding hydrogens is 413 g/mol. The zero-order valence-corrected chi connectivity index (χ0v) is 17.0.